The van der Waals surface area contributed by atoms with Crippen LogP contribution in [0.4, 0.5) is 18.9 Å². The highest BCUT2D eigenvalue weighted by Crippen LogP contribution is 2.31. The van der Waals surface area contributed by atoms with E-state index < -0.39 is 53.0 Å². The molecule has 1 aliphatic rings. The molecular weight excluding hydrogens is 551 g/mol. The Bertz CT molecular complexity index is 1320. The number of ether oxygens (including phenoxy) is 1. The molecule has 0 radical (unpaired) electrons. The summed E-state index contributed by atoms with van der Waals surface area (Å²) in [5.41, 5.74) is 1.03. The van der Waals surface area contributed by atoms with Gasteiger partial charge in [0.25, 0.3) is 5.91 Å². The van der Waals surface area contributed by atoms with Crippen molar-refractivity contribution < 1.29 is 41.0 Å². The summed E-state index contributed by atoms with van der Waals surface area (Å²) in [7, 11) is -2.42. The summed E-state index contributed by atoms with van der Waals surface area (Å²) < 4.78 is 71.3. The predicted molar refractivity (Wildman–Crippen MR) is 143 cm³/mol. The van der Waals surface area contributed by atoms with Gasteiger partial charge in [0.05, 0.1) is 36.1 Å². The number of halogens is 3. The zero-order chi connectivity index (χ0) is 29.8. The number of carbonyl (C=O) groups is 2. The smallest absolute Gasteiger partial charge is 0.389 e. The molecule has 40 heavy (non-hydrogen) atoms. The largest absolute Gasteiger partial charge is 0.488 e. The van der Waals surface area contributed by atoms with Crippen LogP contribution >= 0.6 is 0 Å². The summed E-state index contributed by atoms with van der Waals surface area (Å²) >= 11 is 0. The fourth-order valence-electron chi connectivity index (χ4n) is 4.24. The summed E-state index contributed by atoms with van der Waals surface area (Å²) in [6.45, 7) is 5.05. The molecule has 0 fully saturated rings. The van der Waals surface area contributed by atoms with Crippen molar-refractivity contribution in [3.8, 4) is 5.75 Å². The van der Waals surface area contributed by atoms with Crippen LogP contribution in [-0.2, 0) is 14.8 Å². The number of sulfonamides is 1. The third-order valence-electron chi connectivity index (χ3n) is 6.75. The lowest BCUT2D eigenvalue weighted by molar-refractivity contribution is -0.142. The molecule has 0 unspecified atom stereocenters. The van der Waals surface area contributed by atoms with E-state index in [1.165, 1.54) is 46.6 Å². The number of aryl methyl sites for hydroxylation is 1. The van der Waals surface area contributed by atoms with Crippen molar-refractivity contribution in [2.45, 2.75) is 56.8 Å². The number of hydrogen-bond donors (Lipinski definition) is 2. The fourth-order valence-corrected chi connectivity index (χ4v) is 5.42. The van der Waals surface area contributed by atoms with E-state index in [9.17, 15) is 36.3 Å². The number of amides is 2. The maximum atomic E-state index is 13.5. The van der Waals surface area contributed by atoms with Gasteiger partial charge in [-0.1, -0.05) is 24.6 Å². The zero-order valence-electron chi connectivity index (χ0n) is 22.7. The van der Waals surface area contributed by atoms with E-state index in [0.29, 0.717) is 0 Å². The lowest BCUT2D eigenvalue weighted by atomic mass is 9.99. The van der Waals surface area contributed by atoms with Gasteiger partial charge in [0, 0.05) is 31.6 Å². The van der Waals surface area contributed by atoms with Crippen molar-refractivity contribution in [3.05, 3.63) is 53.6 Å². The van der Waals surface area contributed by atoms with Gasteiger partial charge in [-0.15, -0.1) is 0 Å². The SMILES string of the molecule is Cc1ccc(S(=O)(=O)N(C)C[C@H]2Oc3ccc(NC(=O)CCC(F)(F)F)cc3C(=O)N([C@@H](C)CO)C[C@H]2C)cc1. The monoisotopic (exact) mass is 585 g/mol. The Morgan fingerprint density at radius 2 is 1.88 bits per heavy atom. The first kappa shape index (κ1) is 31.4. The number of nitrogens with zero attached hydrogens (tertiary/aromatic N) is 2. The molecule has 1 aliphatic heterocycles. The molecule has 2 amide bonds. The third-order valence-corrected chi connectivity index (χ3v) is 8.59. The average molecular weight is 586 g/mol. The second kappa shape index (κ2) is 12.6. The first-order valence-electron chi connectivity index (χ1n) is 12.7. The Kier molecular flexibility index (Phi) is 9.85. The Morgan fingerprint density at radius 3 is 2.48 bits per heavy atom. The minimum Gasteiger partial charge on any atom is -0.488 e. The van der Waals surface area contributed by atoms with Gasteiger partial charge in [-0.05, 0) is 44.2 Å². The van der Waals surface area contributed by atoms with Crippen LogP contribution in [0.3, 0.4) is 0 Å². The first-order valence-corrected chi connectivity index (χ1v) is 14.2. The van der Waals surface area contributed by atoms with Gasteiger partial charge in [0.15, 0.2) is 0 Å². The fraction of sp³-hybridized carbons (Fsp3) is 0.481. The molecule has 0 spiro atoms. The molecule has 0 aromatic heterocycles. The maximum absolute atomic E-state index is 13.5. The van der Waals surface area contributed by atoms with E-state index >= 15 is 0 Å². The summed E-state index contributed by atoms with van der Waals surface area (Å²) in [6, 6.07) is 9.96. The second-order valence-corrected chi connectivity index (χ2v) is 12.1. The predicted octanol–water partition coefficient (Wildman–Crippen LogP) is 3.82. The van der Waals surface area contributed by atoms with Crippen LogP contribution in [0, 0.1) is 12.8 Å². The van der Waals surface area contributed by atoms with Gasteiger partial charge in [0.2, 0.25) is 15.9 Å². The van der Waals surface area contributed by atoms with Crippen LogP contribution < -0.4 is 10.1 Å². The van der Waals surface area contributed by atoms with E-state index in [2.05, 4.69) is 5.32 Å². The Hall–Kier alpha value is -3.16. The second-order valence-electron chi connectivity index (χ2n) is 10.1. The molecule has 9 nitrogen and oxygen atoms in total. The van der Waals surface area contributed by atoms with Gasteiger partial charge in [-0.3, -0.25) is 9.59 Å². The average Bonchev–Trinajstić information content (AvgIpc) is 2.89. The van der Waals surface area contributed by atoms with E-state index in [-0.39, 0.29) is 47.5 Å². The summed E-state index contributed by atoms with van der Waals surface area (Å²) in [5, 5.41) is 12.2. The summed E-state index contributed by atoms with van der Waals surface area (Å²) in [5.74, 6) is -1.62. The Morgan fingerprint density at radius 1 is 1.23 bits per heavy atom. The minimum atomic E-state index is -4.49. The van der Waals surface area contributed by atoms with Crippen LogP contribution in [0.2, 0.25) is 0 Å². The maximum Gasteiger partial charge on any atom is 0.389 e. The summed E-state index contributed by atoms with van der Waals surface area (Å²) in [6.07, 6.45) is -7.26. The van der Waals surface area contributed by atoms with Crippen molar-refractivity contribution in [1.82, 2.24) is 9.21 Å². The van der Waals surface area contributed by atoms with Crippen LogP contribution in [0.25, 0.3) is 0 Å². The number of carbonyl (C=O) groups excluding carboxylic acids is 2. The molecule has 0 saturated carbocycles. The van der Waals surface area contributed by atoms with Crippen LogP contribution in [0.15, 0.2) is 47.4 Å². The highest BCUT2D eigenvalue weighted by atomic mass is 32.2. The highest BCUT2D eigenvalue weighted by molar-refractivity contribution is 7.89. The number of benzene rings is 2. The van der Waals surface area contributed by atoms with Crippen LogP contribution in [0.1, 0.15) is 42.6 Å². The lowest BCUT2D eigenvalue weighted by Gasteiger charge is -2.38. The Labute approximate surface area is 232 Å². The zero-order valence-corrected chi connectivity index (χ0v) is 23.6. The van der Waals surface area contributed by atoms with Crippen molar-refractivity contribution in [2.75, 3.05) is 32.1 Å². The molecule has 0 bridgehead atoms. The molecule has 3 rings (SSSR count). The summed E-state index contributed by atoms with van der Waals surface area (Å²) in [4.78, 5) is 27.1. The standard InChI is InChI=1S/C27H34F3N3O6S/c1-17-5-8-21(9-6-17)40(37,38)32(4)15-24-18(2)14-33(19(3)16-34)26(36)22-13-20(7-10-23(22)39-24)31-25(35)11-12-27(28,29)30/h5-10,13,18-19,24,34H,11-12,14-16H2,1-4H3,(H,31,35)/t18-,19+,24-/m1/s1. The van der Waals surface area contributed by atoms with Crippen LogP contribution in [0.5, 0.6) is 5.75 Å². The molecule has 2 aromatic carbocycles. The van der Waals surface area contributed by atoms with Gasteiger partial charge in [-0.25, -0.2) is 8.42 Å². The number of anilines is 1. The normalized spacial score (nSPS) is 18.9. The molecule has 0 aliphatic carbocycles. The molecule has 13 heteroatoms. The molecule has 2 N–H and O–H groups in total. The van der Waals surface area contributed by atoms with E-state index in [4.69, 9.17) is 4.74 Å². The van der Waals surface area contributed by atoms with Crippen molar-refractivity contribution >= 4 is 27.5 Å². The number of hydrogen-bond acceptors (Lipinski definition) is 6. The van der Waals surface area contributed by atoms with Crippen LogP contribution in [-0.4, -0.2) is 79.6 Å². The molecule has 3 atom stereocenters. The van der Waals surface area contributed by atoms with Gasteiger partial charge < -0.3 is 20.1 Å². The third kappa shape index (κ3) is 7.73. The van der Waals surface area contributed by atoms with E-state index in [1.54, 1.807) is 19.1 Å². The number of fused-ring (bicyclic) bond motifs is 1. The minimum absolute atomic E-state index is 0.0230. The highest BCUT2D eigenvalue weighted by Gasteiger charge is 2.35. The van der Waals surface area contributed by atoms with E-state index in [0.717, 1.165) is 5.56 Å². The molecule has 1 heterocycles. The lowest BCUT2D eigenvalue weighted by Crippen LogP contribution is -2.50. The number of nitrogens with one attached hydrogen (secondary N) is 1. The molecule has 0 saturated heterocycles. The van der Waals surface area contributed by atoms with Gasteiger partial charge in [-0.2, -0.15) is 17.5 Å². The van der Waals surface area contributed by atoms with Crippen molar-refractivity contribution in [2.24, 2.45) is 5.92 Å². The Balaban J connectivity index is 1.91. The van der Waals surface area contributed by atoms with Gasteiger partial charge >= 0.3 is 6.18 Å². The van der Waals surface area contributed by atoms with Gasteiger partial charge in [0.1, 0.15) is 11.9 Å². The topological polar surface area (TPSA) is 116 Å². The number of aliphatic hydroxyl groups is 1. The molecule has 220 valence electrons. The molecular formula is C27H34F3N3O6S. The number of aliphatic hydroxyl groups excluding tert-OH is 1. The van der Waals surface area contributed by atoms with E-state index in [1.807, 2.05) is 13.8 Å². The van der Waals surface area contributed by atoms with Crippen molar-refractivity contribution in [3.63, 3.8) is 0 Å². The number of alkyl halides is 3. The first-order chi connectivity index (χ1) is 18.6. The number of rotatable bonds is 9. The van der Waals surface area contributed by atoms with Crippen molar-refractivity contribution in [1.29, 1.82) is 0 Å². The molecule has 2 aromatic rings. The quantitative estimate of drug-likeness (QED) is 0.463. The number of likely N-dealkylation sites (N-methyl/N-ethyl adjacent to an activating group) is 1.